The molecule has 0 aromatic rings. The van der Waals surface area contributed by atoms with E-state index in [0.29, 0.717) is 0 Å². The van der Waals surface area contributed by atoms with Gasteiger partial charge >= 0.3 is 0 Å². The van der Waals surface area contributed by atoms with Gasteiger partial charge in [-0.25, -0.2) is 0 Å². The molecular formula is C21H36Si2. The first kappa shape index (κ1) is 21.9. The number of hydrogen-bond donors (Lipinski definition) is 0. The van der Waals surface area contributed by atoms with E-state index in [-0.39, 0.29) is 0 Å². The summed E-state index contributed by atoms with van der Waals surface area (Å²) in [7, 11) is -3.33. The van der Waals surface area contributed by atoms with Crippen LogP contribution in [0.15, 0.2) is 71.8 Å². The summed E-state index contributed by atoms with van der Waals surface area (Å²) in [6.45, 7) is 13.0. The van der Waals surface area contributed by atoms with Gasteiger partial charge in [-0.3, -0.25) is 0 Å². The van der Waals surface area contributed by atoms with E-state index in [2.05, 4.69) is 113 Å². The van der Waals surface area contributed by atoms with Crippen LogP contribution in [0.5, 0.6) is 0 Å². The smallest absolute Gasteiger partial charge is 0.0951 e. The van der Waals surface area contributed by atoms with E-state index in [1.807, 2.05) is 0 Å². The van der Waals surface area contributed by atoms with E-state index in [1.54, 1.807) is 0 Å². The molecule has 0 radical (unpaired) electrons. The zero-order valence-electron chi connectivity index (χ0n) is 16.0. The van der Waals surface area contributed by atoms with Gasteiger partial charge in [-0.2, -0.15) is 0 Å². The summed E-state index contributed by atoms with van der Waals surface area (Å²) in [5, 5.41) is 0. The van der Waals surface area contributed by atoms with Crippen molar-refractivity contribution >= 4 is 15.2 Å². The second-order valence-electron chi connectivity index (χ2n) is 6.03. The van der Waals surface area contributed by atoms with Crippen LogP contribution >= 0.6 is 0 Å². The van der Waals surface area contributed by atoms with Crippen LogP contribution in [0.3, 0.4) is 0 Å². The lowest BCUT2D eigenvalue weighted by Crippen LogP contribution is -2.59. The minimum Gasteiger partial charge on any atom is -0.0951 e. The number of hydrogen-bond acceptors (Lipinski definition) is 0. The van der Waals surface area contributed by atoms with Gasteiger partial charge in [-0.1, -0.05) is 71.8 Å². The van der Waals surface area contributed by atoms with Gasteiger partial charge in [0.15, 0.2) is 0 Å². The molecule has 0 nitrogen and oxygen atoms in total. The number of allylic oxidation sites excluding steroid dienone is 9. The minimum absolute atomic E-state index is 1.25. The van der Waals surface area contributed by atoms with Gasteiger partial charge < -0.3 is 0 Å². The fourth-order valence-corrected chi connectivity index (χ4v) is 18.9. The Morgan fingerprint density at radius 1 is 0.478 bits per heavy atom. The molecule has 0 rings (SSSR count). The van der Waals surface area contributed by atoms with Crippen molar-refractivity contribution in [3.05, 3.63) is 71.8 Å². The molecule has 0 saturated heterocycles. The summed E-state index contributed by atoms with van der Waals surface area (Å²) in [4.78, 5) is 0. The monoisotopic (exact) mass is 344 g/mol. The largest absolute Gasteiger partial charge is 0.117 e. The second kappa shape index (κ2) is 12.3. The number of rotatable bonds is 10. The maximum atomic E-state index is 2.57. The first-order valence-electron chi connectivity index (χ1n) is 8.87. The average molecular weight is 345 g/mol. The van der Waals surface area contributed by atoms with Crippen LogP contribution in [0, 0.1) is 0 Å². The van der Waals surface area contributed by atoms with E-state index in [1.165, 1.54) is 18.1 Å². The Morgan fingerprint density at radius 2 is 0.783 bits per heavy atom. The maximum absolute atomic E-state index is 2.57. The van der Waals surface area contributed by atoms with Crippen molar-refractivity contribution in [2.75, 3.05) is 0 Å². The van der Waals surface area contributed by atoms with Crippen LogP contribution in [-0.2, 0) is 0 Å². The first-order chi connectivity index (χ1) is 11.1. The van der Waals surface area contributed by atoms with Crippen molar-refractivity contribution in [3.63, 3.8) is 0 Å². The van der Waals surface area contributed by atoms with Gasteiger partial charge in [0.1, 0.15) is 7.59 Å². The first-order valence-corrected chi connectivity index (χ1v) is 14.7. The molecule has 128 valence electrons. The predicted molar refractivity (Wildman–Crippen MR) is 115 cm³/mol. The van der Waals surface area contributed by atoms with E-state index < -0.39 is 15.2 Å². The van der Waals surface area contributed by atoms with Crippen molar-refractivity contribution < 1.29 is 0 Å². The van der Waals surface area contributed by atoms with E-state index in [4.69, 9.17) is 0 Å². The highest BCUT2D eigenvalue weighted by molar-refractivity contribution is 7.48. The molecule has 2 heteroatoms. The Morgan fingerprint density at radius 3 is 1.00 bits per heavy atom. The molecule has 0 bridgehead atoms. The van der Waals surface area contributed by atoms with Crippen LogP contribution in [0.25, 0.3) is 0 Å². The van der Waals surface area contributed by atoms with Gasteiger partial charge in [0, 0.05) is 0 Å². The molecule has 0 aliphatic carbocycles. The molecule has 0 aromatic heterocycles. The lowest BCUT2D eigenvalue weighted by atomic mass is 10.6. The third-order valence-electron chi connectivity index (χ3n) is 4.48. The molecule has 0 amide bonds. The standard InChI is InChI=1S/C21H36Si2/c1-7-13-19-23(20-14-8-2,21-15-9-3)22(16-10-4,17-11-5)18-12-6/h7-18H,19-21H2,1-6H3. The fraction of sp³-hybridized carbons (Fsp3) is 0.429. The molecule has 0 fully saturated rings. The van der Waals surface area contributed by atoms with Crippen molar-refractivity contribution in [2.24, 2.45) is 0 Å². The molecule has 0 saturated carbocycles. The highest BCUT2D eigenvalue weighted by Crippen LogP contribution is 2.36. The molecule has 0 aliphatic rings. The Balaban J connectivity index is 6.42. The van der Waals surface area contributed by atoms with Gasteiger partial charge in [-0.15, -0.1) is 0 Å². The molecular weight excluding hydrogens is 308 g/mol. The van der Waals surface area contributed by atoms with Crippen LogP contribution in [-0.4, -0.2) is 15.2 Å². The normalized spacial score (nSPS) is 19.0. The topological polar surface area (TPSA) is 0 Å². The molecule has 0 unspecified atom stereocenters. The predicted octanol–water partition coefficient (Wildman–Crippen LogP) is 7.04. The summed E-state index contributed by atoms with van der Waals surface area (Å²) in [5.41, 5.74) is 7.70. The van der Waals surface area contributed by atoms with E-state index in [9.17, 15) is 0 Å². The highest BCUT2D eigenvalue weighted by atomic mass is 29.3. The molecule has 0 atom stereocenters. The second-order valence-corrected chi connectivity index (χ2v) is 18.5. The Hall–Kier alpha value is -1.13. The summed E-state index contributed by atoms with van der Waals surface area (Å²) in [6, 6.07) is 3.76. The van der Waals surface area contributed by atoms with Crippen molar-refractivity contribution in [3.8, 4) is 0 Å². The summed E-state index contributed by atoms with van der Waals surface area (Å²) < 4.78 is 0. The molecule has 0 heterocycles. The van der Waals surface area contributed by atoms with Gasteiger partial charge in [-0.05, 0) is 59.7 Å². The van der Waals surface area contributed by atoms with Crippen molar-refractivity contribution in [1.29, 1.82) is 0 Å². The quantitative estimate of drug-likeness (QED) is 0.294. The van der Waals surface area contributed by atoms with Gasteiger partial charge in [0.05, 0.1) is 7.59 Å². The summed E-state index contributed by atoms with van der Waals surface area (Å²) >= 11 is 0. The Labute approximate surface area is 146 Å². The SMILES string of the molecule is CC=CC[Si](CC=CC)(CC=CC)[Si](C=CC)(C=CC)C=CC. The van der Waals surface area contributed by atoms with Crippen LogP contribution in [0.2, 0.25) is 18.1 Å². The third kappa shape index (κ3) is 6.11. The zero-order valence-corrected chi connectivity index (χ0v) is 18.0. The highest BCUT2D eigenvalue weighted by Gasteiger charge is 2.47. The minimum atomic E-state index is -1.74. The lowest BCUT2D eigenvalue weighted by molar-refractivity contribution is 1.37. The Bertz CT molecular complexity index is 409. The summed E-state index contributed by atoms with van der Waals surface area (Å²) in [5.74, 6) is 0. The molecule has 0 aromatic carbocycles. The van der Waals surface area contributed by atoms with E-state index >= 15 is 0 Å². The molecule has 23 heavy (non-hydrogen) atoms. The fourth-order valence-electron chi connectivity index (χ4n) is 3.34. The molecule has 0 spiro atoms. The van der Waals surface area contributed by atoms with Gasteiger partial charge in [0.25, 0.3) is 0 Å². The van der Waals surface area contributed by atoms with Crippen LogP contribution < -0.4 is 0 Å². The van der Waals surface area contributed by atoms with Crippen molar-refractivity contribution in [1.82, 2.24) is 0 Å². The zero-order chi connectivity index (χ0) is 17.6. The van der Waals surface area contributed by atoms with Gasteiger partial charge in [0.2, 0.25) is 0 Å². The van der Waals surface area contributed by atoms with Crippen LogP contribution in [0.1, 0.15) is 41.5 Å². The van der Waals surface area contributed by atoms with Crippen molar-refractivity contribution in [2.45, 2.75) is 59.7 Å². The molecule has 0 aliphatic heterocycles. The lowest BCUT2D eigenvalue weighted by Gasteiger charge is -2.42. The Kier molecular flexibility index (Phi) is 11.7. The maximum Gasteiger partial charge on any atom is 0.117 e. The summed E-state index contributed by atoms with van der Waals surface area (Å²) in [6.07, 6.45) is 20.8. The van der Waals surface area contributed by atoms with E-state index in [0.717, 1.165) is 0 Å². The van der Waals surface area contributed by atoms with Crippen LogP contribution in [0.4, 0.5) is 0 Å². The third-order valence-corrected chi connectivity index (χ3v) is 20.9. The molecule has 0 N–H and O–H groups in total. The average Bonchev–Trinajstić information content (AvgIpc) is 2.55.